The van der Waals surface area contributed by atoms with Gasteiger partial charge in [0, 0.05) is 0 Å². The highest BCUT2D eigenvalue weighted by Crippen LogP contribution is 2.21. The van der Waals surface area contributed by atoms with Crippen LogP contribution in [-0.2, 0) is 0 Å². The number of rotatable bonds is 8. The first-order valence-corrected chi connectivity index (χ1v) is 6.94. The molecule has 0 aliphatic heterocycles. The molecule has 0 aromatic rings. The van der Waals surface area contributed by atoms with Gasteiger partial charge in [0.05, 0.1) is 11.5 Å². The molecule has 0 saturated heterocycles. The van der Waals surface area contributed by atoms with Crippen molar-refractivity contribution in [2.24, 2.45) is 5.41 Å². The molecule has 0 atom stereocenters. The number of nitrogens with one attached hydrogen (secondary N) is 1. The third-order valence-corrected chi connectivity index (χ3v) is 3.47. The highest BCUT2D eigenvalue weighted by Gasteiger charge is 2.15. The molecular weight excluding hydrogens is 208 g/mol. The Morgan fingerprint density at radius 2 is 2.18 bits per heavy atom. The van der Waals surface area contributed by atoms with E-state index in [4.69, 9.17) is 5.26 Å². The molecule has 0 radical (unpaired) electrons. The fraction of sp³-hybridized carbons (Fsp3) is 0.800. The van der Waals surface area contributed by atoms with Gasteiger partial charge < -0.3 is 5.32 Å². The van der Waals surface area contributed by atoms with Crippen LogP contribution in [0, 0.1) is 16.7 Å². The molecule has 2 heteroatoms. The molecule has 0 amide bonds. The zero-order chi connectivity index (χ0) is 12.6. The summed E-state index contributed by atoms with van der Waals surface area (Å²) in [5, 5.41) is 12.4. The van der Waals surface area contributed by atoms with E-state index < -0.39 is 0 Å². The van der Waals surface area contributed by atoms with Crippen molar-refractivity contribution in [1.82, 2.24) is 5.32 Å². The predicted octanol–water partition coefficient (Wildman–Crippen LogP) is 3.80. The summed E-state index contributed by atoms with van der Waals surface area (Å²) in [6, 6.07) is 2.35. The second kappa shape index (κ2) is 7.50. The molecule has 0 saturated carbocycles. The zero-order valence-electron chi connectivity index (χ0n) is 11.4. The van der Waals surface area contributed by atoms with Gasteiger partial charge in [-0.25, -0.2) is 0 Å². The third kappa shape index (κ3) is 6.48. The molecule has 0 spiro atoms. The summed E-state index contributed by atoms with van der Waals surface area (Å²) in [7, 11) is 0. The van der Waals surface area contributed by atoms with E-state index >= 15 is 0 Å². The molecule has 1 rings (SSSR count). The lowest BCUT2D eigenvalue weighted by Gasteiger charge is -2.14. The Labute approximate surface area is 106 Å². The van der Waals surface area contributed by atoms with E-state index in [0.717, 1.165) is 25.9 Å². The summed E-state index contributed by atoms with van der Waals surface area (Å²) in [5.41, 5.74) is 1.50. The minimum atomic E-state index is -0.144. The Bertz CT molecular complexity index is 284. The van der Waals surface area contributed by atoms with Gasteiger partial charge in [0.15, 0.2) is 0 Å². The second-order valence-corrected chi connectivity index (χ2v) is 5.71. The summed E-state index contributed by atoms with van der Waals surface area (Å²) in [6.45, 7) is 6.25. The first-order chi connectivity index (χ1) is 8.14. The highest BCUT2D eigenvalue weighted by molar-refractivity contribution is 5.07. The van der Waals surface area contributed by atoms with Crippen molar-refractivity contribution < 1.29 is 0 Å². The Morgan fingerprint density at radius 1 is 1.35 bits per heavy atom. The standard InChI is InChI=1S/C15H26N2/c1-15(2,13-16)10-5-6-11-17-12-9-14-7-3-4-8-14/h7,17H,3-6,8-12H2,1-2H3. The van der Waals surface area contributed by atoms with Gasteiger partial charge in [-0.2, -0.15) is 5.26 Å². The summed E-state index contributed by atoms with van der Waals surface area (Å²) in [4.78, 5) is 0. The molecule has 96 valence electrons. The number of unbranched alkanes of at least 4 members (excludes halogenated alkanes) is 1. The Kier molecular flexibility index (Phi) is 6.29. The maximum Gasteiger partial charge on any atom is 0.0683 e. The predicted molar refractivity (Wildman–Crippen MR) is 72.7 cm³/mol. The lowest BCUT2D eigenvalue weighted by Crippen LogP contribution is -2.17. The maximum atomic E-state index is 8.88. The fourth-order valence-corrected chi connectivity index (χ4v) is 2.21. The monoisotopic (exact) mass is 234 g/mol. The van der Waals surface area contributed by atoms with Crippen LogP contribution in [0.3, 0.4) is 0 Å². The van der Waals surface area contributed by atoms with E-state index in [1.165, 1.54) is 32.1 Å². The molecule has 2 nitrogen and oxygen atoms in total. The zero-order valence-corrected chi connectivity index (χ0v) is 11.4. The Morgan fingerprint density at radius 3 is 2.82 bits per heavy atom. The minimum Gasteiger partial charge on any atom is -0.316 e. The molecule has 1 N–H and O–H groups in total. The van der Waals surface area contributed by atoms with Gasteiger partial charge in [-0.15, -0.1) is 0 Å². The number of allylic oxidation sites excluding steroid dienone is 1. The van der Waals surface area contributed by atoms with E-state index in [-0.39, 0.29) is 5.41 Å². The third-order valence-electron chi connectivity index (χ3n) is 3.47. The van der Waals surface area contributed by atoms with Crippen LogP contribution in [0.2, 0.25) is 0 Å². The molecule has 1 aliphatic rings. The van der Waals surface area contributed by atoms with Gasteiger partial charge in [0.1, 0.15) is 0 Å². The van der Waals surface area contributed by atoms with Crippen molar-refractivity contribution in [3.8, 4) is 6.07 Å². The van der Waals surface area contributed by atoms with E-state index in [1.807, 2.05) is 13.8 Å². The van der Waals surface area contributed by atoms with E-state index in [1.54, 1.807) is 5.57 Å². The van der Waals surface area contributed by atoms with Gasteiger partial charge >= 0.3 is 0 Å². The number of nitriles is 1. The van der Waals surface area contributed by atoms with Crippen LogP contribution < -0.4 is 5.32 Å². The van der Waals surface area contributed by atoms with Gasteiger partial charge in [0.25, 0.3) is 0 Å². The smallest absolute Gasteiger partial charge is 0.0683 e. The van der Waals surface area contributed by atoms with Gasteiger partial charge in [0.2, 0.25) is 0 Å². The van der Waals surface area contributed by atoms with E-state index in [0.29, 0.717) is 0 Å². The maximum absolute atomic E-state index is 8.88. The molecule has 0 fully saturated rings. The summed E-state index contributed by atoms with van der Waals surface area (Å²) < 4.78 is 0. The number of nitrogens with zero attached hydrogens (tertiary/aromatic N) is 1. The number of hydrogen-bond donors (Lipinski definition) is 1. The second-order valence-electron chi connectivity index (χ2n) is 5.71. The van der Waals surface area contributed by atoms with Crippen LogP contribution in [-0.4, -0.2) is 13.1 Å². The largest absolute Gasteiger partial charge is 0.316 e. The Balaban J connectivity index is 1.89. The topological polar surface area (TPSA) is 35.8 Å². The van der Waals surface area contributed by atoms with Crippen LogP contribution in [0.4, 0.5) is 0 Å². The van der Waals surface area contributed by atoms with Crippen molar-refractivity contribution >= 4 is 0 Å². The van der Waals surface area contributed by atoms with Crippen LogP contribution in [0.1, 0.15) is 58.8 Å². The van der Waals surface area contributed by atoms with E-state index in [2.05, 4.69) is 17.5 Å². The van der Waals surface area contributed by atoms with Crippen molar-refractivity contribution in [2.45, 2.75) is 58.8 Å². The average Bonchev–Trinajstić information content (AvgIpc) is 2.81. The Hall–Kier alpha value is -0.810. The molecule has 0 heterocycles. The lowest BCUT2D eigenvalue weighted by atomic mass is 9.89. The van der Waals surface area contributed by atoms with Crippen molar-refractivity contribution in [3.05, 3.63) is 11.6 Å². The molecule has 0 aromatic heterocycles. The molecular formula is C15H26N2. The van der Waals surface area contributed by atoms with Gasteiger partial charge in [-0.1, -0.05) is 18.1 Å². The highest BCUT2D eigenvalue weighted by atomic mass is 14.8. The normalized spacial score (nSPS) is 15.7. The quantitative estimate of drug-likeness (QED) is 0.512. The number of hydrogen-bond acceptors (Lipinski definition) is 2. The van der Waals surface area contributed by atoms with Crippen LogP contribution in [0.5, 0.6) is 0 Å². The summed E-state index contributed by atoms with van der Waals surface area (Å²) in [6.07, 6.45) is 10.9. The van der Waals surface area contributed by atoms with Crippen molar-refractivity contribution in [2.75, 3.05) is 13.1 Å². The fourth-order valence-electron chi connectivity index (χ4n) is 2.21. The minimum absolute atomic E-state index is 0.144. The SMILES string of the molecule is CC(C)(C#N)CCCCNCCC1=CCCC1. The van der Waals surface area contributed by atoms with Crippen LogP contribution >= 0.6 is 0 Å². The van der Waals surface area contributed by atoms with Gasteiger partial charge in [-0.05, 0) is 65.5 Å². The average molecular weight is 234 g/mol. The molecule has 1 aliphatic carbocycles. The van der Waals surface area contributed by atoms with Crippen molar-refractivity contribution in [3.63, 3.8) is 0 Å². The van der Waals surface area contributed by atoms with Crippen LogP contribution in [0.15, 0.2) is 11.6 Å². The molecule has 0 bridgehead atoms. The first kappa shape index (κ1) is 14.3. The lowest BCUT2D eigenvalue weighted by molar-refractivity contribution is 0.422. The molecule has 0 unspecified atom stereocenters. The summed E-state index contributed by atoms with van der Waals surface area (Å²) in [5.74, 6) is 0. The van der Waals surface area contributed by atoms with Gasteiger partial charge in [-0.3, -0.25) is 0 Å². The van der Waals surface area contributed by atoms with E-state index in [9.17, 15) is 0 Å². The molecule has 17 heavy (non-hydrogen) atoms. The van der Waals surface area contributed by atoms with Crippen molar-refractivity contribution in [1.29, 1.82) is 5.26 Å². The van der Waals surface area contributed by atoms with Crippen LogP contribution in [0.25, 0.3) is 0 Å². The first-order valence-electron chi connectivity index (χ1n) is 6.94. The summed E-state index contributed by atoms with van der Waals surface area (Å²) >= 11 is 0. The molecule has 0 aromatic carbocycles.